The van der Waals surface area contributed by atoms with E-state index in [0.29, 0.717) is 28.4 Å². The van der Waals surface area contributed by atoms with E-state index in [4.69, 9.17) is 21.1 Å². The van der Waals surface area contributed by atoms with Gasteiger partial charge in [0.15, 0.2) is 5.82 Å². The van der Waals surface area contributed by atoms with Gasteiger partial charge in [0, 0.05) is 36.9 Å². The Morgan fingerprint density at radius 1 is 0.974 bits per heavy atom. The number of pyridine rings is 3. The molecule has 6 rings (SSSR count). The molecule has 5 N–H and O–H groups in total. The minimum Gasteiger partial charge on any atom is -0.397 e. The molecule has 0 spiro atoms. The summed E-state index contributed by atoms with van der Waals surface area (Å²) < 4.78 is 0. The lowest BCUT2D eigenvalue weighted by atomic mass is 10.1. The highest BCUT2D eigenvalue weighted by Gasteiger charge is 2.19. The van der Waals surface area contributed by atoms with E-state index in [1.54, 1.807) is 18.5 Å². The number of nitrogens with one attached hydrogen (secondary N) is 3. The van der Waals surface area contributed by atoms with Crippen LogP contribution in [0.25, 0.3) is 28.0 Å². The summed E-state index contributed by atoms with van der Waals surface area (Å²) in [6, 6.07) is 11.2. The van der Waals surface area contributed by atoms with Crippen LogP contribution in [0, 0.1) is 5.41 Å². The van der Waals surface area contributed by atoms with Crippen LogP contribution < -0.4 is 11.1 Å². The van der Waals surface area contributed by atoms with Crippen LogP contribution in [-0.4, -0.2) is 55.2 Å². The van der Waals surface area contributed by atoms with Crippen molar-refractivity contribution in [3.05, 3.63) is 96.1 Å². The lowest BCUT2D eigenvalue weighted by Gasteiger charge is -2.26. The number of likely N-dealkylation sites (tertiary alicyclic amines) is 1. The van der Waals surface area contributed by atoms with Gasteiger partial charge in [-0.15, -0.1) is 0 Å². The fourth-order valence-electron chi connectivity index (χ4n) is 4.89. The monoisotopic (exact) mass is 503 g/mol. The zero-order valence-electron chi connectivity index (χ0n) is 21.0. The van der Waals surface area contributed by atoms with E-state index in [1.807, 2.05) is 42.7 Å². The summed E-state index contributed by atoms with van der Waals surface area (Å²) in [6.07, 6.45) is 15.4. The Bertz CT molecular complexity index is 1570. The molecule has 1 fully saturated rings. The number of fused-ring (bicyclic) bond motifs is 1. The number of nitrogens with zero attached hydrogens (tertiary/aromatic N) is 5. The van der Waals surface area contributed by atoms with Gasteiger partial charge < -0.3 is 16.0 Å². The first-order valence-corrected chi connectivity index (χ1v) is 12.8. The molecule has 6 heterocycles. The SMILES string of the molecule is N=C(c1nc2c(-c3ccccn3)nccc2[nH]1)c1nc(C2=CNC=CC(CN3CCCCC3)=C2)ccc1N. The van der Waals surface area contributed by atoms with Gasteiger partial charge in [0.2, 0.25) is 0 Å². The Morgan fingerprint density at radius 2 is 1.87 bits per heavy atom. The zero-order chi connectivity index (χ0) is 25.9. The van der Waals surface area contributed by atoms with Gasteiger partial charge in [0.05, 0.1) is 22.6 Å². The van der Waals surface area contributed by atoms with Gasteiger partial charge in [-0.05, 0) is 74.0 Å². The molecule has 0 saturated carbocycles. The average Bonchev–Trinajstić information content (AvgIpc) is 3.27. The number of imidazole rings is 1. The number of hydrogen-bond acceptors (Lipinski definition) is 8. The van der Waals surface area contributed by atoms with E-state index in [9.17, 15) is 0 Å². The van der Waals surface area contributed by atoms with E-state index in [1.165, 1.54) is 24.8 Å². The van der Waals surface area contributed by atoms with Gasteiger partial charge in [-0.25, -0.2) is 9.97 Å². The summed E-state index contributed by atoms with van der Waals surface area (Å²) in [5, 5.41) is 12.2. The normalized spacial score (nSPS) is 16.0. The van der Waals surface area contributed by atoms with Gasteiger partial charge >= 0.3 is 0 Å². The maximum atomic E-state index is 8.94. The van der Waals surface area contributed by atoms with Crippen LogP contribution in [0.1, 0.15) is 36.5 Å². The van der Waals surface area contributed by atoms with Crippen LogP contribution in [0.15, 0.2) is 78.9 Å². The highest BCUT2D eigenvalue weighted by Crippen LogP contribution is 2.26. The van der Waals surface area contributed by atoms with Crippen LogP contribution in [0.5, 0.6) is 0 Å². The Morgan fingerprint density at radius 3 is 2.71 bits per heavy atom. The van der Waals surface area contributed by atoms with Crippen molar-refractivity contribution in [2.24, 2.45) is 0 Å². The molecule has 9 nitrogen and oxygen atoms in total. The van der Waals surface area contributed by atoms with E-state index in [2.05, 4.69) is 37.3 Å². The van der Waals surface area contributed by atoms with Gasteiger partial charge in [0.25, 0.3) is 0 Å². The number of aromatic nitrogens is 5. The fourth-order valence-corrected chi connectivity index (χ4v) is 4.89. The van der Waals surface area contributed by atoms with Crippen LogP contribution in [0.4, 0.5) is 5.69 Å². The van der Waals surface area contributed by atoms with Crippen molar-refractivity contribution in [3.63, 3.8) is 0 Å². The third kappa shape index (κ3) is 4.83. The summed E-state index contributed by atoms with van der Waals surface area (Å²) in [4.78, 5) is 24.2. The molecule has 0 unspecified atom stereocenters. The zero-order valence-corrected chi connectivity index (χ0v) is 21.0. The molecule has 4 aromatic heterocycles. The van der Waals surface area contributed by atoms with Crippen molar-refractivity contribution in [1.82, 2.24) is 35.1 Å². The van der Waals surface area contributed by atoms with Crippen LogP contribution in [0.2, 0.25) is 0 Å². The van der Waals surface area contributed by atoms with Crippen molar-refractivity contribution in [1.29, 1.82) is 5.41 Å². The number of allylic oxidation sites excluding steroid dienone is 2. The van der Waals surface area contributed by atoms with Crippen LogP contribution in [-0.2, 0) is 0 Å². The first-order chi connectivity index (χ1) is 18.7. The molecule has 0 atom stereocenters. The summed E-state index contributed by atoms with van der Waals surface area (Å²) in [6.45, 7) is 3.17. The first kappa shape index (κ1) is 23.7. The quantitative estimate of drug-likeness (QED) is 0.289. The molecule has 0 aromatic carbocycles. The van der Waals surface area contributed by atoms with Crippen molar-refractivity contribution in [2.45, 2.75) is 19.3 Å². The lowest BCUT2D eigenvalue weighted by molar-refractivity contribution is 0.248. The number of rotatable bonds is 6. The second-order valence-corrected chi connectivity index (χ2v) is 9.52. The minimum atomic E-state index is 0.116. The van der Waals surface area contributed by atoms with Gasteiger partial charge in [0.1, 0.15) is 22.6 Å². The van der Waals surface area contributed by atoms with Crippen molar-refractivity contribution >= 4 is 28.0 Å². The Balaban J connectivity index is 1.31. The number of nitrogen functional groups attached to an aromatic ring is 1. The predicted octanol–water partition coefficient (Wildman–Crippen LogP) is 4.28. The topological polar surface area (TPSA) is 132 Å². The number of hydrogen-bond donors (Lipinski definition) is 4. The molecular formula is C29H29N9. The second-order valence-electron chi connectivity index (χ2n) is 9.52. The van der Waals surface area contributed by atoms with Gasteiger partial charge in [-0.1, -0.05) is 12.5 Å². The third-order valence-corrected chi connectivity index (χ3v) is 6.83. The molecule has 0 aliphatic carbocycles. The Hall–Kier alpha value is -4.63. The smallest absolute Gasteiger partial charge is 0.158 e. The summed E-state index contributed by atoms with van der Waals surface area (Å²) >= 11 is 0. The van der Waals surface area contributed by atoms with Crippen molar-refractivity contribution in [3.8, 4) is 11.4 Å². The maximum Gasteiger partial charge on any atom is 0.158 e. The highest BCUT2D eigenvalue weighted by molar-refractivity contribution is 6.12. The Kier molecular flexibility index (Phi) is 6.49. The molecule has 190 valence electrons. The highest BCUT2D eigenvalue weighted by atomic mass is 15.1. The average molecular weight is 504 g/mol. The largest absolute Gasteiger partial charge is 0.397 e. The molecule has 1 saturated heterocycles. The molecule has 38 heavy (non-hydrogen) atoms. The van der Waals surface area contributed by atoms with E-state index < -0.39 is 0 Å². The maximum absolute atomic E-state index is 8.94. The standard InChI is InChI=1S/C29H29N9/c30-21-7-8-22(20-16-19(9-12-32-17-20)18-38-14-4-1-5-15-38)35-26(21)25(31)29-36-24-10-13-34-27(28(24)37-29)23-6-2-3-11-33-23/h2-3,6-13,16-17,31-32H,1,4-5,14-15,18,30H2,(H,36,37). The van der Waals surface area contributed by atoms with E-state index >= 15 is 0 Å². The Labute approximate surface area is 220 Å². The van der Waals surface area contributed by atoms with Crippen molar-refractivity contribution in [2.75, 3.05) is 25.4 Å². The molecule has 0 radical (unpaired) electrons. The molecule has 0 bridgehead atoms. The molecule has 2 aliphatic heterocycles. The lowest BCUT2D eigenvalue weighted by Crippen LogP contribution is -2.31. The summed E-state index contributed by atoms with van der Waals surface area (Å²) in [5.41, 5.74) is 12.9. The molecular weight excluding hydrogens is 474 g/mol. The van der Waals surface area contributed by atoms with E-state index in [-0.39, 0.29) is 5.71 Å². The molecule has 4 aromatic rings. The number of aromatic amines is 1. The molecule has 2 aliphatic rings. The number of piperidine rings is 1. The summed E-state index contributed by atoms with van der Waals surface area (Å²) in [7, 11) is 0. The van der Waals surface area contributed by atoms with Gasteiger partial charge in [-0.3, -0.25) is 20.3 Å². The third-order valence-electron chi connectivity index (χ3n) is 6.83. The van der Waals surface area contributed by atoms with Crippen LogP contribution in [0.3, 0.4) is 0 Å². The molecule has 9 heteroatoms. The predicted molar refractivity (Wildman–Crippen MR) is 150 cm³/mol. The number of nitrogens with two attached hydrogens (primary N) is 1. The fraction of sp³-hybridized carbons (Fsp3) is 0.207. The minimum absolute atomic E-state index is 0.116. The van der Waals surface area contributed by atoms with Crippen molar-refractivity contribution < 1.29 is 0 Å². The second kappa shape index (κ2) is 10.4. The van der Waals surface area contributed by atoms with Crippen LogP contribution >= 0.6 is 0 Å². The van der Waals surface area contributed by atoms with E-state index in [0.717, 1.165) is 42.1 Å². The van der Waals surface area contributed by atoms with Gasteiger partial charge in [-0.2, -0.15) is 0 Å². The first-order valence-electron chi connectivity index (χ1n) is 12.8. The number of H-pyrrole nitrogens is 1. The summed E-state index contributed by atoms with van der Waals surface area (Å²) in [5.74, 6) is 0.373. The molecule has 0 amide bonds. The number of anilines is 1.